The number of thioether (sulfide) groups is 1. The zero-order chi connectivity index (χ0) is 24.2. The van der Waals surface area contributed by atoms with E-state index in [1.807, 2.05) is 11.8 Å². The van der Waals surface area contributed by atoms with Crippen molar-refractivity contribution in [2.24, 2.45) is 17.8 Å². The minimum absolute atomic E-state index is 0.283. The minimum Gasteiger partial charge on any atom is -0.439 e. The second-order valence-corrected chi connectivity index (χ2v) is 12.8. The Morgan fingerprint density at radius 3 is 2.36 bits per heavy atom. The van der Waals surface area contributed by atoms with Crippen molar-refractivity contribution in [2.45, 2.75) is 68.7 Å². The topological polar surface area (TPSA) is 26.0 Å². The first-order chi connectivity index (χ1) is 17.8. The Bertz CT molecular complexity index is 1080. The van der Waals surface area contributed by atoms with Gasteiger partial charge in [-0.3, -0.25) is 0 Å². The largest absolute Gasteiger partial charge is 0.439 e. The average Bonchev–Trinajstić information content (AvgIpc) is 3.40. The summed E-state index contributed by atoms with van der Waals surface area (Å²) < 4.78 is 7.82. The second-order valence-electron chi connectivity index (χ2n) is 11.7. The smallest absolute Gasteiger partial charge is 0.202 e. The quantitative estimate of drug-likeness (QED) is 0.220. The number of quaternary nitrogens is 1. The van der Waals surface area contributed by atoms with E-state index in [1.54, 1.807) is 0 Å². The molecule has 7 rings (SSSR count). The number of piperidine rings is 3. The van der Waals surface area contributed by atoms with Crippen molar-refractivity contribution in [1.29, 1.82) is 0 Å². The van der Waals surface area contributed by atoms with Crippen LogP contribution >= 0.6 is 11.8 Å². The van der Waals surface area contributed by atoms with Crippen LogP contribution in [0, 0.1) is 17.8 Å². The first-order valence-corrected chi connectivity index (χ1v) is 15.3. The van der Waals surface area contributed by atoms with E-state index in [1.165, 1.54) is 91.7 Å². The van der Waals surface area contributed by atoms with Gasteiger partial charge in [0.25, 0.3) is 0 Å². The van der Waals surface area contributed by atoms with Crippen molar-refractivity contribution < 1.29 is 8.90 Å². The molecular weight excluding hydrogens is 460 g/mol. The van der Waals surface area contributed by atoms with Gasteiger partial charge in [-0.2, -0.15) is 0 Å². The third-order valence-corrected chi connectivity index (χ3v) is 10.5. The van der Waals surface area contributed by atoms with Crippen LogP contribution in [0.25, 0.3) is 0 Å². The number of hydrogen-bond donors (Lipinski definition) is 0. The van der Waals surface area contributed by atoms with Crippen LogP contribution in [-0.4, -0.2) is 34.9 Å². The van der Waals surface area contributed by atoms with Crippen LogP contribution in [0.2, 0.25) is 0 Å². The molecule has 0 amide bonds. The summed E-state index contributed by atoms with van der Waals surface area (Å²) in [6.07, 6.45) is 12.9. The summed E-state index contributed by atoms with van der Waals surface area (Å²) in [5.41, 5.74) is 1.36. The highest BCUT2D eigenvalue weighted by Crippen LogP contribution is 2.42. The standard InChI is InChI=1S/C32H41N2OS/c1-4-10-25(11-5-1)20-31(27-12-6-2-7-13-27)32-33-21-29(35-32)23-34-18-16-26(17-19-34)28(22-34)24-36-30-14-8-3-9-15-30/h2-3,6-9,12-15,21,25-26,28,31H,1,4-5,10-11,16-20,22-24H2/q+1/t26?,28-,31?,34?/m1/s1. The normalized spacial score (nSPS) is 27.2. The first kappa shape index (κ1) is 24.3. The lowest BCUT2D eigenvalue weighted by Gasteiger charge is -2.52. The summed E-state index contributed by atoms with van der Waals surface area (Å²) in [6.45, 7) is 4.91. The van der Waals surface area contributed by atoms with Gasteiger partial charge in [0, 0.05) is 29.4 Å². The lowest BCUT2D eigenvalue weighted by molar-refractivity contribution is -0.959. The fraction of sp³-hybridized carbons (Fsp3) is 0.531. The Hall–Kier alpha value is -2.04. The van der Waals surface area contributed by atoms with Gasteiger partial charge >= 0.3 is 0 Å². The fourth-order valence-electron chi connectivity index (χ4n) is 7.28. The number of oxazole rings is 1. The molecule has 4 fully saturated rings. The molecule has 0 N–H and O–H groups in total. The molecule has 2 atom stereocenters. The predicted octanol–water partition coefficient (Wildman–Crippen LogP) is 7.93. The van der Waals surface area contributed by atoms with E-state index < -0.39 is 0 Å². The van der Waals surface area contributed by atoms with Crippen molar-refractivity contribution in [3.8, 4) is 0 Å². The number of benzene rings is 2. The van der Waals surface area contributed by atoms with Crippen LogP contribution < -0.4 is 0 Å². The van der Waals surface area contributed by atoms with Gasteiger partial charge in [-0.25, -0.2) is 4.98 Å². The summed E-state index contributed by atoms with van der Waals surface area (Å²) >= 11 is 2.05. The zero-order valence-corrected chi connectivity index (χ0v) is 22.4. The monoisotopic (exact) mass is 501 g/mol. The van der Waals surface area contributed by atoms with Gasteiger partial charge in [-0.05, 0) is 36.0 Å². The molecular formula is C32H41N2OS+. The molecule has 3 aliphatic heterocycles. The molecule has 3 aromatic rings. The van der Waals surface area contributed by atoms with Crippen LogP contribution in [0.5, 0.6) is 0 Å². The molecule has 4 heteroatoms. The maximum Gasteiger partial charge on any atom is 0.202 e. The minimum atomic E-state index is 0.283. The van der Waals surface area contributed by atoms with E-state index in [0.717, 1.165) is 35.9 Å². The molecule has 1 aromatic heterocycles. The number of aromatic nitrogens is 1. The summed E-state index contributed by atoms with van der Waals surface area (Å²) in [7, 11) is 0. The van der Waals surface area contributed by atoms with Crippen LogP contribution in [0.1, 0.15) is 74.5 Å². The van der Waals surface area contributed by atoms with Crippen LogP contribution in [0.15, 0.2) is 76.2 Å². The number of hydrogen-bond acceptors (Lipinski definition) is 3. The van der Waals surface area contributed by atoms with E-state index in [2.05, 4.69) is 66.9 Å². The average molecular weight is 502 g/mol. The van der Waals surface area contributed by atoms with Gasteiger partial charge in [-0.1, -0.05) is 80.6 Å². The molecule has 190 valence electrons. The molecule has 0 spiro atoms. The van der Waals surface area contributed by atoms with Gasteiger partial charge in [-0.15, -0.1) is 11.8 Å². The van der Waals surface area contributed by atoms with Gasteiger partial charge in [0.05, 0.1) is 31.7 Å². The lowest BCUT2D eigenvalue weighted by atomic mass is 9.78. The number of rotatable bonds is 9. The highest BCUT2D eigenvalue weighted by Gasteiger charge is 2.46. The third kappa shape index (κ3) is 5.60. The van der Waals surface area contributed by atoms with E-state index in [0.29, 0.717) is 0 Å². The fourth-order valence-corrected chi connectivity index (χ4v) is 8.41. The van der Waals surface area contributed by atoms with Crippen LogP contribution in [-0.2, 0) is 6.54 Å². The highest BCUT2D eigenvalue weighted by molar-refractivity contribution is 7.99. The molecule has 2 bridgehead atoms. The Kier molecular flexibility index (Phi) is 7.53. The second kappa shape index (κ2) is 11.1. The molecule has 4 aliphatic rings. The number of fused-ring (bicyclic) bond motifs is 3. The molecule has 3 nitrogen and oxygen atoms in total. The van der Waals surface area contributed by atoms with Gasteiger partial charge in [0.2, 0.25) is 5.89 Å². The molecule has 1 unspecified atom stereocenters. The maximum absolute atomic E-state index is 6.62. The maximum atomic E-state index is 6.62. The molecule has 3 saturated heterocycles. The van der Waals surface area contributed by atoms with Crippen molar-refractivity contribution in [1.82, 2.24) is 4.98 Å². The van der Waals surface area contributed by atoms with Gasteiger partial charge < -0.3 is 8.90 Å². The molecule has 1 saturated carbocycles. The molecule has 4 heterocycles. The van der Waals surface area contributed by atoms with Crippen molar-refractivity contribution in [3.05, 3.63) is 84.1 Å². The van der Waals surface area contributed by atoms with Crippen molar-refractivity contribution >= 4 is 11.8 Å². The van der Waals surface area contributed by atoms with E-state index in [-0.39, 0.29) is 5.92 Å². The highest BCUT2D eigenvalue weighted by atomic mass is 32.2. The molecule has 1 aliphatic carbocycles. The molecule has 36 heavy (non-hydrogen) atoms. The Labute approximate surface area is 221 Å². The van der Waals surface area contributed by atoms with E-state index in [9.17, 15) is 0 Å². The van der Waals surface area contributed by atoms with Crippen LogP contribution in [0.4, 0.5) is 0 Å². The van der Waals surface area contributed by atoms with E-state index in [4.69, 9.17) is 9.40 Å². The first-order valence-electron chi connectivity index (χ1n) is 14.3. The number of nitrogens with zero attached hydrogens (tertiary/aromatic N) is 2. The Morgan fingerprint density at radius 1 is 0.889 bits per heavy atom. The summed E-state index contributed by atoms with van der Waals surface area (Å²) in [5.74, 6) is 6.09. The Balaban J connectivity index is 1.15. The lowest BCUT2D eigenvalue weighted by Crippen LogP contribution is -2.61. The van der Waals surface area contributed by atoms with Crippen molar-refractivity contribution in [3.63, 3.8) is 0 Å². The van der Waals surface area contributed by atoms with Crippen LogP contribution in [0.3, 0.4) is 0 Å². The third-order valence-electron chi connectivity index (χ3n) is 9.30. The summed E-state index contributed by atoms with van der Waals surface area (Å²) in [6, 6.07) is 21.9. The summed E-state index contributed by atoms with van der Waals surface area (Å²) in [4.78, 5) is 6.32. The van der Waals surface area contributed by atoms with Crippen molar-refractivity contribution in [2.75, 3.05) is 25.4 Å². The van der Waals surface area contributed by atoms with Gasteiger partial charge in [0.15, 0.2) is 5.76 Å². The van der Waals surface area contributed by atoms with E-state index >= 15 is 0 Å². The zero-order valence-electron chi connectivity index (χ0n) is 21.6. The molecule has 0 radical (unpaired) electrons. The van der Waals surface area contributed by atoms with Gasteiger partial charge in [0.1, 0.15) is 6.54 Å². The SMILES string of the molecule is c1ccc(SC[C@H]2C[N+]3(Cc4cnc(C(CC5CCCCC5)c5ccccc5)o4)CCC2CC3)cc1. The summed E-state index contributed by atoms with van der Waals surface area (Å²) in [5, 5.41) is 0. The predicted molar refractivity (Wildman–Crippen MR) is 148 cm³/mol. The Morgan fingerprint density at radius 2 is 1.61 bits per heavy atom. The molecule has 2 aromatic carbocycles.